The van der Waals surface area contributed by atoms with Crippen LogP contribution in [0.15, 0.2) is 24.4 Å². The number of carbonyl (C=O) groups excluding carboxylic acids is 2. The Morgan fingerprint density at radius 1 is 1.13 bits per heavy atom. The van der Waals surface area contributed by atoms with Gasteiger partial charge in [0.2, 0.25) is 0 Å². The molecule has 8 heteroatoms. The van der Waals surface area contributed by atoms with E-state index in [1.54, 1.807) is 28.9 Å². The SMILES string of the molecule is Cc1ccc(C(=O)N2CCN(C(=O)c3cnns3)CC2)cc1F. The quantitative estimate of drug-likeness (QED) is 0.836. The van der Waals surface area contributed by atoms with Crippen molar-refractivity contribution in [3.8, 4) is 0 Å². The number of hydrogen-bond acceptors (Lipinski definition) is 5. The van der Waals surface area contributed by atoms with Gasteiger partial charge in [0.05, 0.1) is 6.20 Å². The van der Waals surface area contributed by atoms with Crippen molar-refractivity contribution in [3.05, 3.63) is 46.2 Å². The average molecular weight is 334 g/mol. The number of halogens is 1. The highest BCUT2D eigenvalue weighted by molar-refractivity contribution is 7.07. The Kier molecular flexibility index (Phi) is 4.33. The van der Waals surface area contributed by atoms with Crippen LogP contribution in [0.4, 0.5) is 4.39 Å². The highest BCUT2D eigenvalue weighted by Crippen LogP contribution is 2.15. The number of carbonyl (C=O) groups is 2. The first-order chi connectivity index (χ1) is 11.1. The lowest BCUT2D eigenvalue weighted by Gasteiger charge is -2.34. The standard InChI is InChI=1S/C15H15FN4O2S/c1-10-2-3-11(8-12(10)16)14(21)19-4-6-20(7-5-19)15(22)13-9-17-18-23-13/h2-3,8-9H,4-7H2,1H3. The Morgan fingerprint density at radius 2 is 1.78 bits per heavy atom. The van der Waals surface area contributed by atoms with E-state index < -0.39 is 0 Å². The summed E-state index contributed by atoms with van der Waals surface area (Å²) in [4.78, 5) is 28.4. The minimum Gasteiger partial charge on any atom is -0.335 e. The number of nitrogens with zero attached hydrogens (tertiary/aromatic N) is 4. The number of aryl methyl sites for hydroxylation is 1. The zero-order chi connectivity index (χ0) is 16.4. The predicted octanol–water partition coefficient (Wildman–Crippen LogP) is 1.58. The summed E-state index contributed by atoms with van der Waals surface area (Å²) in [5, 5.41) is 3.66. The minimum absolute atomic E-state index is 0.117. The third kappa shape index (κ3) is 3.21. The lowest BCUT2D eigenvalue weighted by molar-refractivity contribution is 0.0537. The van der Waals surface area contributed by atoms with Gasteiger partial charge in [0.1, 0.15) is 10.7 Å². The molecule has 1 aromatic heterocycles. The molecule has 0 spiro atoms. The molecule has 1 aliphatic rings. The van der Waals surface area contributed by atoms with Gasteiger partial charge in [0.25, 0.3) is 11.8 Å². The second-order valence-corrected chi connectivity index (χ2v) is 6.12. The summed E-state index contributed by atoms with van der Waals surface area (Å²) in [5.74, 6) is -0.716. The molecule has 0 unspecified atom stereocenters. The van der Waals surface area contributed by atoms with Crippen LogP contribution in [0.1, 0.15) is 25.6 Å². The molecular weight excluding hydrogens is 319 g/mol. The maximum Gasteiger partial charge on any atom is 0.267 e. The first-order valence-electron chi connectivity index (χ1n) is 7.18. The summed E-state index contributed by atoms with van der Waals surface area (Å²) < 4.78 is 17.3. The number of hydrogen-bond donors (Lipinski definition) is 0. The summed E-state index contributed by atoms with van der Waals surface area (Å²) in [6.07, 6.45) is 1.44. The van der Waals surface area contributed by atoms with Crippen LogP contribution in [0.25, 0.3) is 0 Å². The molecular formula is C15H15FN4O2S. The molecule has 0 bridgehead atoms. The Bertz CT molecular complexity index is 727. The molecule has 2 heterocycles. The van der Waals surface area contributed by atoms with Gasteiger partial charge in [-0.2, -0.15) is 0 Å². The van der Waals surface area contributed by atoms with Gasteiger partial charge in [-0.15, -0.1) is 5.10 Å². The topological polar surface area (TPSA) is 66.4 Å². The van der Waals surface area contributed by atoms with Crippen molar-refractivity contribution in [2.24, 2.45) is 0 Å². The molecule has 23 heavy (non-hydrogen) atoms. The van der Waals surface area contributed by atoms with E-state index in [0.29, 0.717) is 42.2 Å². The van der Waals surface area contributed by atoms with Crippen molar-refractivity contribution in [2.45, 2.75) is 6.92 Å². The van der Waals surface area contributed by atoms with Crippen LogP contribution >= 0.6 is 11.5 Å². The van der Waals surface area contributed by atoms with Crippen molar-refractivity contribution >= 4 is 23.3 Å². The lowest BCUT2D eigenvalue weighted by atomic mass is 10.1. The number of piperazine rings is 1. The molecule has 120 valence electrons. The summed E-state index contributed by atoms with van der Waals surface area (Å²) in [5.41, 5.74) is 0.842. The van der Waals surface area contributed by atoms with Gasteiger partial charge in [-0.3, -0.25) is 9.59 Å². The minimum atomic E-state index is -0.387. The molecule has 3 rings (SSSR count). The highest BCUT2D eigenvalue weighted by Gasteiger charge is 2.26. The van der Waals surface area contributed by atoms with Gasteiger partial charge < -0.3 is 9.80 Å². The van der Waals surface area contributed by atoms with E-state index in [1.807, 2.05) is 0 Å². The molecule has 1 fully saturated rings. The molecule has 0 aliphatic carbocycles. The van der Waals surface area contributed by atoms with Gasteiger partial charge in [-0.05, 0) is 36.2 Å². The molecule has 0 N–H and O–H groups in total. The zero-order valence-electron chi connectivity index (χ0n) is 12.5. The third-order valence-electron chi connectivity index (χ3n) is 3.84. The Labute approximate surface area is 136 Å². The first-order valence-corrected chi connectivity index (χ1v) is 7.95. The number of amides is 2. The van der Waals surface area contributed by atoms with E-state index in [-0.39, 0.29) is 17.6 Å². The van der Waals surface area contributed by atoms with Gasteiger partial charge in [-0.25, -0.2) is 4.39 Å². The van der Waals surface area contributed by atoms with Crippen LogP contribution in [0, 0.1) is 12.7 Å². The summed E-state index contributed by atoms with van der Waals surface area (Å²) in [6, 6.07) is 4.48. The van der Waals surface area contributed by atoms with E-state index in [9.17, 15) is 14.0 Å². The Hall–Kier alpha value is -2.35. The predicted molar refractivity (Wildman–Crippen MR) is 82.9 cm³/mol. The van der Waals surface area contributed by atoms with E-state index in [1.165, 1.54) is 12.3 Å². The second kappa shape index (κ2) is 6.41. The molecule has 0 radical (unpaired) electrons. The third-order valence-corrected chi connectivity index (χ3v) is 4.50. The Morgan fingerprint density at radius 3 is 2.35 bits per heavy atom. The smallest absolute Gasteiger partial charge is 0.267 e. The fourth-order valence-corrected chi connectivity index (χ4v) is 2.92. The van der Waals surface area contributed by atoms with Gasteiger partial charge in [0, 0.05) is 31.7 Å². The number of rotatable bonds is 2. The molecule has 1 aliphatic heterocycles. The molecule has 1 aromatic carbocycles. The molecule has 6 nitrogen and oxygen atoms in total. The normalized spacial score (nSPS) is 14.9. The largest absolute Gasteiger partial charge is 0.335 e. The van der Waals surface area contributed by atoms with E-state index in [2.05, 4.69) is 9.59 Å². The fraction of sp³-hybridized carbons (Fsp3) is 0.333. The summed E-state index contributed by atoms with van der Waals surface area (Å²) in [6.45, 7) is 3.38. The van der Waals surface area contributed by atoms with Crippen LogP contribution < -0.4 is 0 Å². The summed E-state index contributed by atoms with van der Waals surface area (Å²) in [7, 11) is 0. The molecule has 0 saturated carbocycles. The van der Waals surface area contributed by atoms with Crippen LogP contribution in [-0.2, 0) is 0 Å². The van der Waals surface area contributed by atoms with E-state index in [4.69, 9.17) is 0 Å². The van der Waals surface area contributed by atoms with Gasteiger partial charge >= 0.3 is 0 Å². The highest BCUT2D eigenvalue weighted by atomic mass is 32.1. The number of aromatic nitrogens is 2. The van der Waals surface area contributed by atoms with Crippen molar-refractivity contribution in [1.29, 1.82) is 0 Å². The van der Waals surface area contributed by atoms with Crippen LogP contribution in [0.5, 0.6) is 0 Å². The van der Waals surface area contributed by atoms with Crippen LogP contribution in [0.2, 0.25) is 0 Å². The number of benzene rings is 1. The van der Waals surface area contributed by atoms with Crippen LogP contribution in [-0.4, -0.2) is 57.4 Å². The second-order valence-electron chi connectivity index (χ2n) is 5.33. The van der Waals surface area contributed by atoms with Gasteiger partial charge in [0.15, 0.2) is 0 Å². The van der Waals surface area contributed by atoms with Gasteiger partial charge in [-0.1, -0.05) is 10.6 Å². The monoisotopic (exact) mass is 334 g/mol. The maximum atomic E-state index is 13.6. The first kappa shape index (κ1) is 15.5. The van der Waals surface area contributed by atoms with Crippen LogP contribution in [0.3, 0.4) is 0 Å². The Balaban J connectivity index is 1.63. The van der Waals surface area contributed by atoms with Crippen molar-refractivity contribution in [2.75, 3.05) is 26.2 Å². The average Bonchev–Trinajstić information content (AvgIpc) is 3.11. The lowest BCUT2D eigenvalue weighted by Crippen LogP contribution is -2.50. The zero-order valence-corrected chi connectivity index (χ0v) is 13.3. The van der Waals surface area contributed by atoms with Crippen molar-refractivity contribution in [1.82, 2.24) is 19.4 Å². The molecule has 2 aromatic rings. The van der Waals surface area contributed by atoms with E-state index >= 15 is 0 Å². The molecule has 1 saturated heterocycles. The van der Waals surface area contributed by atoms with Crippen molar-refractivity contribution in [3.63, 3.8) is 0 Å². The molecule has 2 amide bonds. The van der Waals surface area contributed by atoms with E-state index in [0.717, 1.165) is 11.5 Å². The molecule has 0 atom stereocenters. The fourth-order valence-electron chi connectivity index (χ4n) is 2.44. The van der Waals surface area contributed by atoms with Crippen molar-refractivity contribution < 1.29 is 14.0 Å². The maximum absolute atomic E-state index is 13.6. The summed E-state index contributed by atoms with van der Waals surface area (Å²) >= 11 is 1.06.